The van der Waals surface area contributed by atoms with E-state index in [0.29, 0.717) is 5.92 Å². The predicted molar refractivity (Wildman–Crippen MR) is 77.9 cm³/mol. The second kappa shape index (κ2) is 4.18. The predicted octanol–water partition coefficient (Wildman–Crippen LogP) is 4.61. The molecule has 0 fully saturated rings. The van der Waals surface area contributed by atoms with E-state index in [9.17, 15) is 0 Å². The Labute approximate surface area is 111 Å². The van der Waals surface area contributed by atoms with Crippen LogP contribution < -0.4 is 0 Å². The lowest BCUT2D eigenvalue weighted by Gasteiger charge is -2.28. The van der Waals surface area contributed by atoms with E-state index in [1.54, 1.807) is 0 Å². The summed E-state index contributed by atoms with van der Waals surface area (Å²) in [4.78, 5) is 9.15. The molecule has 0 radical (unpaired) electrons. The maximum Gasteiger partial charge on any atom is 0.0732 e. The number of pyridine rings is 1. The summed E-state index contributed by atoms with van der Waals surface area (Å²) in [7, 11) is 0. The highest BCUT2D eigenvalue weighted by atomic mass is 14.8. The van der Waals surface area contributed by atoms with Crippen molar-refractivity contribution in [3.8, 4) is 0 Å². The highest BCUT2D eigenvalue weighted by Crippen LogP contribution is 2.46. The number of aromatic nitrogens is 1. The van der Waals surface area contributed by atoms with Crippen molar-refractivity contribution < 1.29 is 0 Å². The van der Waals surface area contributed by atoms with Gasteiger partial charge in [0.15, 0.2) is 0 Å². The first-order chi connectivity index (χ1) is 8.27. The summed E-state index contributed by atoms with van der Waals surface area (Å²) in [6, 6.07) is 0. The minimum atomic E-state index is 0.141. The average Bonchev–Trinajstić information content (AvgIpc) is 2.71. The number of aliphatic imine (C=N–C) groups is 1. The molecule has 1 aliphatic rings. The normalized spacial score (nSPS) is 19.1. The lowest BCUT2D eigenvalue weighted by atomic mass is 9.76. The Morgan fingerprint density at radius 3 is 2.33 bits per heavy atom. The van der Waals surface area contributed by atoms with Crippen LogP contribution in [0.15, 0.2) is 17.4 Å². The first-order valence-corrected chi connectivity index (χ1v) is 6.80. The molecular formula is C16H24N2. The Hall–Kier alpha value is -1.18. The summed E-state index contributed by atoms with van der Waals surface area (Å²) in [6.45, 7) is 13.5. The Balaban J connectivity index is 2.53. The van der Waals surface area contributed by atoms with E-state index < -0.39 is 0 Å². The third kappa shape index (κ3) is 2.09. The van der Waals surface area contributed by atoms with Gasteiger partial charge in [-0.3, -0.25) is 9.98 Å². The molecule has 1 aliphatic heterocycles. The van der Waals surface area contributed by atoms with Crippen LogP contribution in [0.2, 0.25) is 0 Å². The third-order valence-electron chi connectivity index (χ3n) is 4.18. The van der Waals surface area contributed by atoms with Crippen molar-refractivity contribution in [2.75, 3.05) is 0 Å². The second-order valence-electron chi connectivity index (χ2n) is 6.98. The van der Waals surface area contributed by atoms with Gasteiger partial charge < -0.3 is 0 Å². The molecule has 0 aromatic carbocycles. The van der Waals surface area contributed by atoms with Crippen molar-refractivity contribution in [1.82, 2.24) is 4.98 Å². The minimum Gasteiger partial charge on any atom is -0.264 e. The number of hydrogen-bond acceptors (Lipinski definition) is 2. The van der Waals surface area contributed by atoms with E-state index in [1.165, 1.54) is 11.1 Å². The van der Waals surface area contributed by atoms with Crippen LogP contribution in [0.3, 0.4) is 0 Å². The summed E-state index contributed by atoms with van der Waals surface area (Å²) >= 11 is 0. The molecule has 1 aromatic rings. The molecule has 2 nitrogen and oxygen atoms in total. The molecule has 18 heavy (non-hydrogen) atoms. The molecule has 2 heterocycles. The topological polar surface area (TPSA) is 25.2 Å². The number of nitrogens with zero attached hydrogens (tertiary/aromatic N) is 2. The van der Waals surface area contributed by atoms with Gasteiger partial charge in [-0.25, -0.2) is 0 Å². The zero-order valence-electron chi connectivity index (χ0n) is 12.4. The fraction of sp³-hybridized carbons (Fsp3) is 0.625. The lowest BCUT2D eigenvalue weighted by molar-refractivity contribution is 0.389. The van der Waals surface area contributed by atoms with E-state index in [2.05, 4.69) is 52.7 Å². The molecule has 0 spiro atoms. The Bertz CT molecular complexity index is 478. The zero-order valence-corrected chi connectivity index (χ0v) is 12.4. The van der Waals surface area contributed by atoms with Crippen LogP contribution in [0, 0.1) is 5.41 Å². The quantitative estimate of drug-likeness (QED) is 0.745. The minimum absolute atomic E-state index is 0.141. The van der Waals surface area contributed by atoms with Crippen LogP contribution in [0.25, 0.3) is 0 Å². The molecule has 2 rings (SSSR count). The van der Waals surface area contributed by atoms with Crippen LogP contribution >= 0.6 is 0 Å². The molecule has 1 unspecified atom stereocenters. The molecule has 0 saturated heterocycles. The van der Waals surface area contributed by atoms with Crippen LogP contribution in [-0.4, -0.2) is 11.2 Å². The monoisotopic (exact) mass is 244 g/mol. The number of fused-ring (bicyclic) bond motifs is 1. The maximum absolute atomic E-state index is 4.70. The highest BCUT2D eigenvalue weighted by molar-refractivity contribution is 5.82. The van der Waals surface area contributed by atoms with E-state index >= 15 is 0 Å². The van der Waals surface area contributed by atoms with Gasteiger partial charge in [-0.05, 0) is 17.3 Å². The lowest BCUT2D eigenvalue weighted by Crippen LogP contribution is -2.19. The summed E-state index contributed by atoms with van der Waals surface area (Å²) in [5.74, 6) is 0.382. The first kappa shape index (κ1) is 13.3. The van der Waals surface area contributed by atoms with Gasteiger partial charge in [-0.15, -0.1) is 0 Å². The van der Waals surface area contributed by atoms with Crippen LogP contribution in [-0.2, 0) is 5.41 Å². The van der Waals surface area contributed by atoms with E-state index in [-0.39, 0.29) is 10.8 Å². The molecule has 1 aromatic heterocycles. The summed E-state index contributed by atoms with van der Waals surface area (Å²) < 4.78 is 0. The van der Waals surface area contributed by atoms with Gasteiger partial charge in [0, 0.05) is 35.7 Å². The molecule has 0 saturated carbocycles. The Kier molecular flexibility index (Phi) is 3.08. The summed E-state index contributed by atoms with van der Waals surface area (Å²) in [5, 5.41) is 0. The van der Waals surface area contributed by atoms with Gasteiger partial charge in [0.05, 0.1) is 5.69 Å². The van der Waals surface area contributed by atoms with Crippen LogP contribution in [0.5, 0.6) is 0 Å². The second-order valence-corrected chi connectivity index (χ2v) is 6.98. The third-order valence-corrected chi connectivity index (χ3v) is 4.18. The number of rotatable bonds is 2. The molecular weight excluding hydrogens is 220 g/mol. The van der Waals surface area contributed by atoms with Crippen LogP contribution in [0.4, 0.5) is 5.69 Å². The number of hydrogen-bond donors (Lipinski definition) is 0. The smallest absolute Gasteiger partial charge is 0.0732 e. The molecule has 98 valence electrons. The molecule has 0 amide bonds. The van der Waals surface area contributed by atoms with Crippen molar-refractivity contribution in [1.29, 1.82) is 0 Å². The van der Waals surface area contributed by atoms with E-state index in [0.717, 1.165) is 12.1 Å². The molecule has 0 bridgehead atoms. The average molecular weight is 244 g/mol. The van der Waals surface area contributed by atoms with Crippen LogP contribution in [0.1, 0.15) is 65.0 Å². The standard InChI is InChI=1S/C16H24N2/c1-7-16(5,6)13-9-17-8-11-12(15(2,3)4)10-18-14(11)13/h8-10,12H,7H2,1-6H3. The highest BCUT2D eigenvalue weighted by Gasteiger charge is 2.34. The van der Waals surface area contributed by atoms with Crippen molar-refractivity contribution in [3.63, 3.8) is 0 Å². The van der Waals surface area contributed by atoms with Gasteiger partial charge in [-0.2, -0.15) is 0 Å². The van der Waals surface area contributed by atoms with Crippen molar-refractivity contribution in [2.45, 2.75) is 59.3 Å². The maximum atomic E-state index is 4.70. The largest absolute Gasteiger partial charge is 0.264 e. The molecule has 2 heteroatoms. The van der Waals surface area contributed by atoms with Gasteiger partial charge in [0.25, 0.3) is 0 Å². The zero-order chi connectivity index (χ0) is 13.6. The Morgan fingerprint density at radius 2 is 1.78 bits per heavy atom. The van der Waals surface area contributed by atoms with Gasteiger partial charge >= 0.3 is 0 Å². The first-order valence-electron chi connectivity index (χ1n) is 6.80. The van der Waals surface area contributed by atoms with Gasteiger partial charge in [-0.1, -0.05) is 41.5 Å². The van der Waals surface area contributed by atoms with Crippen molar-refractivity contribution in [3.05, 3.63) is 23.5 Å². The summed E-state index contributed by atoms with van der Waals surface area (Å²) in [6.07, 6.45) is 7.18. The Morgan fingerprint density at radius 1 is 1.11 bits per heavy atom. The van der Waals surface area contributed by atoms with Crippen molar-refractivity contribution >= 4 is 11.9 Å². The van der Waals surface area contributed by atoms with Crippen molar-refractivity contribution in [2.24, 2.45) is 10.4 Å². The molecule has 0 N–H and O–H groups in total. The fourth-order valence-corrected chi connectivity index (χ4v) is 2.45. The van der Waals surface area contributed by atoms with Gasteiger partial charge in [0.2, 0.25) is 0 Å². The summed E-state index contributed by atoms with van der Waals surface area (Å²) in [5.41, 5.74) is 4.08. The van der Waals surface area contributed by atoms with E-state index in [1.807, 2.05) is 12.4 Å². The fourth-order valence-electron chi connectivity index (χ4n) is 2.45. The van der Waals surface area contributed by atoms with E-state index in [4.69, 9.17) is 4.99 Å². The molecule has 0 aliphatic carbocycles. The molecule has 1 atom stereocenters. The SMILES string of the molecule is CCC(C)(C)c1cncc2c1N=CC2C(C)(C)C. The van der Waals surface area contributed by atoms with Gasteiger partial charge in [0.1, 0.15) is 0 Å².